The molecular weight excluding hydrogens is 192 g/mol. The highest BCUT2D eigenvalue weighted by atomic mass is 16.5. The molecule has 2 aliphatic rings. The van der Waals surface area contributed by atoms with Gasteiger partial charge in [-0.2, -0.15) is 0 Å². The predicted molar refractivity (Wildman–Crippen MR) is 57.3 cm³/mol. The fraction of sp³-hybridized carbons (Fsp3) is 0.909. The standard InChI is InChI=1S/C11H20N2O2/c1-15-11(14)10(8-4-5-8)13-6-2-3-9(12)7-13/h8-10H,2-7,12H2,1H3. The number of piperidine rings is 1. The molecule has 2 unspecified atom stereocenters. The summed E-state index contributed by atoms with van der Waals surface area (Å²) in [4.78, 5) is 13.9. The lowest BCUT2D eigenvalue weighted by molar-refractivity contribution is -0.148. The van der Waals surface area contributed by atoms with Gasteiger partial charge in [-0.05, 0) is 38.1 Å². The fourth-order valence-corrected chi connectivity index (χ4v) is 2.47. The van der Waals surface area contributed by atoms with E-state index in [2.05, 4.69) is 4.90 Å². The maximum absolute atomic E-state index is 11.7. The summed E-state index contributed by atoms with van der Waals surface area (Å²) in [6.07, 6.45) is 4.49. The van der Waals surface area contributed by atoms with Crippen LogP contribution in [0.15, 0.2) is 0 Å². The van der Waals surface area contributed by atoms with Crippen molar-refractivity contribution in [2.24, 2.45) is 11.7 Å². The molecule has 2 rings (SSSR count). The molecule has 1 aliphatic heterocycles. The van der Waals surface area contributed by atoms with E-state index in [9.17, 15) is 4.79 Å². The van der Waals surface area contributed by atoms with E-state index in [1.807, 2.05) is 0 Å². The molecule has 1 saturated heterocycles. The number of carbonyl (C=O) groups is 1. The lowest BCUT2D eigenvalue weighted by Crippen LogP contribution is -2.51. The van der Waals surface area contributed by atoms with Gasteiger partial charge in [0.25, 0.3) is 0 Å². The van der Waals surface area contributed by atoms with Crippen LogP contribution < -0.4 is 5.73 Å². The van der Waals surface area contributed by atoms with Crippen molar-refractivity contribution in [3.05, 3.63) is 0 Å². The first-order valence-corrected chi connectivity index (χ1v) is 5.80. The van der Waals surface area contributed by atoms with Crippen LogP contribution in [0.3, 0.4) is 0 Å². The third-order valence-corrected chi connectivity index (χ3v) is 3.39. The number of nitrogens with zero attached hydrogens (tertiary/aromatic N) is 1. The molecule has 1 heterocycles. The number of methoxy groups -OCH3 is 1. The second-order valence-corrected chi connectivity index (χ2v) is 4.70. The van der Waals surface area contributed by atoms with Gasteiger partial charge in [-0.3, -0.25) is 9.69 Å². The van der Waals surface area contributed by atoms with E-state index in [-0.39, 0.29) is 18.1 Å². The number of nitrogens with two attached hydrogens (primary N) is 1. The molecule has 0 aromatic carbocycles. The van der Waals surface area contributed by atoms with E-state index in [0.29, 0.717) is 5.92 Å². The number of carbonyl (C=O) groups excluding carboxylic acids is 1. The first-order valence-electron chi connectivity index (χ1n) is 5.80. The summed E-state index contributed by atoms with van der Waals surface area (Å²) in [5, 5.41) is 0. The van der Waals surface area contributed by atoms with Gasteiger partial charge in [0.05, 0.1) is 7.11 Å². The third kappa shape index (κ3) is 2.49. The van der Waals surface area contributed by atoms with Crippen LogP contribution in [0.2, 0.25) is 0 Å². The molecule has 0 radical (unpaired) electrons. The third-order valence-electron chi connectivity index (χ3n) is 3.39. The summed E-state index contributed by atoms with van der Waals surface area (Å²) in [7, 11) is 1.47. The quantitative estimate of drug-likeness (QED) is 0.686. The molecule has 2 fully saturated rings. The smallest absolute Gasteiger partial charge is 0.323 e. The summed E-state index contributed by atoms with van der Waals surface area (Å²) >= 11 is 0. The summed E-state index contributed by atoms with van der Waals surface area (Å²) < 4.78 is 4.88. The minimum absolute atomic E-state index is 0.0265. The monoisotopic (exact) mass is 212 g/mol. The summed E-state index contributed by atoms with van der Waals surface area (Å²) in [5.41, 5.74) is 5.93. The number of ether oxygens (including phenoxy) is 1. The topological polar surface area (TPSA) is 55.6 Å². The Labute approximate surface area is 90.8 Å². The Balaban J connectivity index is 1.99. The van der Waals surface area contributed by atoms with Crippen molar-refractivity contribution >= 4 is 5.97 Å². The number of hydrogen-bond donors (Lipinski definition) is 1. The Morgan fingerprint density at radius 3 is 2.73 bits per heavy atom. The van der Waals surface area contributed by atoms with Gasteiger partial charge in [0, 0.05) is 12.6 Å². The maximum Gasteiger partial charge on any atom is 0.323 e. The molecule has 1 aliphatic carbocycles. The molecule has 0 bridgehead atoms. The Bertz CT molecular complexity index is 241. The van der Waals surface area contributed by atoms with Gasteiger partial charge >= 0.3 is 5.97 Å². The van der Waals surface area contributed by atoms with Gasteiger partial charge in [0.1, 0.15) is 6.04 Å². The molecule has 0 aromatic rings. The van der Waals surface area contributed by atoms with Crippen LogP contribution in [0.4, 0.5) is 0 Å². The van der Waals surface area contributed by atoms with Gasteiger partial charge in [-0.1, -0.05) is 0 Å². The highest BCUT2D eigenvalue weighted by molar-refractivity contribution is 5.76. The lowest BCUT2D eigenvalue weighted by Gasteiger charge is -2.35. The highest BCUT2D eigenvalue weighted by Crippen LogP contribution is 2.36. The maximum atomic E-state index is 11.7. The highest BCUT2D eigenvalue weighted by Gasteiger charge is 2.41. The second-order valence-electron chi connectivity index (χ2n) is 4.70. The average molecular weight is 212 g/mol. The van der Waals surface area contributed by atoms with E-state index in [1.165, 1.54) is 7.11 Å². The Morgan fingerprint density at radius 1 is 1.47 bits per heavy atom. The Morgan fingerprint density at radius 2 is 2.20 bits per heavy atom. The largest absolute Gasteiger partial charge is 0.468 e. The first kappa shape index (κ1) is 10.9. The van der Waals surface area contributed by atoms with Crippen LogP contribution in [0, 0.1) is 5.92 Å². The van der Waals surface area contributed by atoms with E-state index < -0.39 is 0 Å². The van der Waals surface area contributed by atoms with Gasteiger partial charge in [-0.25, -0.2) is 0 Å². The van der Waals surface area contributed by atoms with Gasteiger partial charge in [0.2, 0.25) is 0 Å². The van der Waals surface area contributed by atoms with Crippen LogP contribution in [-0.4, -0.2) is 43.2 Å². The second kappa shape index (κ2) is 4.49. The molecular formula is C11H20N2O2. The normalized spacial score (nSPS) is 29.9. The van der Waals surface area contributed by atoms with Crippen molar-refractivity contribution in [2.75, 3.05) is 20.2 Å². The van der Waals surface area contributed by atoms with Crippen LogP contribution >= 0.6 is 0 Å². The minimum Gasteiger partial charge on any atom is -0.468 e. The summed E-state index contributed by atoms with van der Waals surface area (Å²) in [6.45, 7) is 1.83. The molecule has 0 spiro atoms. The lowest BCUT2D eigenvalue weighted by atomic mass is 10.0. The van der Waals surface area contributed by atoms with E-state index >= 15 is 0 Å². The Hall–Kier alpha value is -0.610. The van der Waals surface area contributed by atoms with Crippen molar-refractivity contribution < 1.29 is 9.53 Å². The van der Waals surface area contributed by atoms with Crippen molar-refractivity contribution in [1.82, 2.24) is 4.90 Å². The zero-order valence-electron chi connectivity index (χ0n) is 9.32. The van der Waals surface area contributed by atoms with Crippen LogP contribution in [0.1, 0.15) is 25.7 Å². The molecule has 4 heteroatoms. The molecule has 1 saturated carbocycles. The molecule has 15 heavy (non-hydrogen) atoms. The number of likely N-dealkylation sites (tertiary alicyclic amines) is 1. The minimum atomic E-state index is -0.0772. The zero-order valence-corrected chi connectivity index (χ0v) is 9.32. The molecule has 0 aromatic heterocycles. The fourth-order valence-electron chi connectivity index (χ4n) is 2.47. The van der Waals surface area contributed by atoms with Crippen molar-refractivity contribution in [1.29, 1.82) is 0 Å². The van der Waals surface area contributed by atoms with Gasteiger partial charge in [-0.15, -0.1) is 0 Å². The summed E-state index contributed by atoms with van der Waals surface area (Å²) in [6, 6.07) is 0.200. The number of esters is 1. The van der Waals surface area contributed by atoms with Gasteiger partial charge < -0.3 is 10.5 Å². The van der Waals surface area contributed by atoms with E-state index in [1.54, 1.807) is 0 Å². The molecule has 4 nitrogen and oxygen atoms in total. The predicted octanol–water partition coefficient (Wildman–Crippen LogP) is 0.361. The first-order chi connectivity index (χ1) is 7.22. The van der Waals surface area contributed by atoms with Crippen molar-refractivity contribution in [2.45, 2.75) is 37.8 Å². The van der Waals surface area contributed by atoms with E-state index in [4.69, 9.17) is 10.5 Å². The zero-order chi connectivity index (χ0) is 10.8. The average Bonchev–Trinajstić information content (AvgIpc) is 3.02. The van der Waals surface area contributed by atoms with Crippen molar-refractivity contribution in [3.8, 4) is 0 Å². The van der Waals surface area contributed by atoms with E-state index in [0.717, 1.165) is 38.8 Å². The SMILES string of the molecule is COC(=O)C(C1CC1)N1CCCC(N)C1. The van der Waals surface area contributed by atoms with Crippen LogP contribution in [0.25, 0.3) is 0 Å². The molecule has 0 amide bonds. The molecule has 86 valence electrons. The van der Waals surface area contributed by atoms with Crippen molar-refractivity contribution in [3.63, 3.8) is 0 Å². The van der Waals surface area contributed by atoms with Gasteiger partial charge in [0.15, 0.2) is 0 Å². The molecule has 2 N–H and O–H groups in total. The molecule has 2 atom stereocenters. The Kier molecular flexibility index (Phi) is 3.26. The van der Waals surface area contributed by atoms with Crippen LogP contribution in [-0.2, 0) is 9.53 Å². The summed E-state index contributed by atoms with van der Waals surface area (Å²) in [5.74, 6) is 0.439. The number of rotatable bonds is 3. The number of hydrogen-bond acceptors (Lipinski definition) is 4. The van der Waals surface area contributed by atoms with Crippen LogP contribution in [0.5, 0.6) is 0 Å².